The van der Waals surface area contributed by atoms with Gasteiger partial charge in [0.15, 0.2) is 11.6 Å². The van der Waals surface area contributed by atoms with Crippen LogP contribution in [0.25, 0.3) is 28.6 Å². The van der Waals surface area contributed by atoms with Crippen molar-refractivity contribution in [3.05, 3.63) is 113 Å². The number of hydrogen-bond acceptors (Lipinski definition) is 9. The Bertz CT molecular complexity index is 1770. The lowest BCUT2D eigenvalue weighted by molar-refractivity contribution is 0.202. The number of aromatic nitrogens is 5. The molecule has 5 aromatic rings. The van der Waals surface area contributed by atoms with Gasteiger partial charge in [0.25, 0.3) is 10.0 Å². The zero-order valence-electron chi connectivity index (χ0n) is 22.4. The van der Waals surface area contributed by atoms with Gasteiger partial charge in [-0.15, -0.1) is 0 Å². The highest BCUT2D eigenvalue weighted by Gasteiger charge is 2.22. The molecule has 2 aromatic carbocycles. The largest absolute Gasteiger partial charge is 0.473 e. The number of nitrogens with one attached hydrogen (secondary N) is 1. The van der Waals surface area contributed by atoms with E-state index in [0.717, 1.165) is 21.0 Å². The number of benzene rings is 2. The van der Waals surface area contributed by atoms with Gasteiger partial charge < -0.3 is 9.47 Å². The second kappa shape index (κ2) is 13.3. The molecule has 1 N–H and O–H groups in total. The van der Waals surface area contributed by atoms with Crippen molar-refractivity contribution >= 4 is 37.8 Å². The third kappa shape index (κ3) is 7.74. The van der Waals surface area contributed by atoms with Crippen LogP contribution in [0.1, 0.15) is 11.1 Å². The molecule has 5 rings (SSSR count). The van der Waals surface area contributed by atoms with Crippen molar-refractivity contribution in [1.82, 2.24) is 24.9 Å². The molecule has 0 saturated carbocycles. The zero-order chi connectivity index (χ0) is 29.4. The zero-order valence-corrected chi connectivity index (χ0v) is 24.8. The molecule has 0 fully saturated rings. The molecule has 0 aliphatic rings. The Labute approximate surface area is 251 Å². The molecule has 10 nitrogen and oxygen atoms in total. The van der Waals surface area contributed by atoms with Gasteiger partial charge in [0.2, 0.25) is 5.88 Å². The van der Waals surface area contributed by atoms with Crippen LogP contribution in [-0.2, 0) is 10.0 Å². The second-order valence-electron chi connectivity index (χ2n) is 8.92. The minimum Gasteiger partial charge on any atom is -0.473 e. The van der Waals surface area contributed by atoms with Crippen LogP contribution in [0.5, 0.6) is 11.9 Å². The van der Waals surface area contributed by atoms with Crippen LogP contribution in [0.15, 0.2) is 101 Å². The lowest BCUT2D eigenvalue weighted by Gasteiger charge is -2.17. The summed E-state index contributed by atoms with van der Waals surface area (Å²) < 4.78 is 41.6. The third-order valence-electron chi connectivity index (χ3n) is 5.78. The quantitative estimate of drug-likeness (QED) is 0.174. The van der Waals surface area contributed by atoms with E-state index in [2.05, 4.69) is 45.6 Å². The van der Waals surface area contributed by atoms with Crippen molar-refractivity contribution in [3.8, 4) is 34.4 Å². The monoisotopic (exact) mass is 644 g/mol. The van der Waals surface area contributed by atoms with E-state index in [1.165, 1.54) is 6.08 Å². The minimum absolute atomic E-state index is 0.0607. The fourth-order valence-electron chi connectivity index (χ4n) is 3.78. The van der Waals surface area contributed by atoms with Gasteiger partial charge >= 0.3 is 6.01 Å². The molecule has 0 bridgehead atoms. The standard InChI is InChI=1S/C30H25BrN6O4S/c1-21-7-9-23(10-8-21)26-28(37-42(38,39)18-13-22-5-3-2-4-6-22)35-27(24-11-14-32-15-12-24)36-29(26)40-16-17-41-30-33-19-25(31)20-34-30/h2-15,18-20H,16-17H2,1H3,(H,35,36,37)/b18-13+. The lowest BCUT2D eigenvalue weighted by Crippen LogP contribution is -2.15. The van der Waals surface area contributed by atoms with Crippen LogP contribution in [-0.4, -0.2) is 46.6 Å². The number of rotatable bonds is 11. The Morgan fingerprint density at radius 3 is 2.26 bits per heavy atom. The van der Waals surface area contributed by atoms with E-state index in [1.54, 1.807) is 36.9 Å². The van der Waals surface area contributed by atoms with Crippen molar-refractivity contribution < 1.29 is 17.9 Å². The molecule has 42 heavy (non-hydrogen) atoms. The maximum absolute atomic E-state index is 13.3. The summed E-state index contributed by atoms with van der Waals surface area (Å²) in [6.45, 7) is 2.15. The van der Waals surface area contributed by atoms with Gasteiger partial charge in [0.1, 0.15) is 13.2 Å². The predicted molar refractivity (Wildman–Crippen MR) is 164 cm³/mol. The molecular weight excluding hydrogens is 620 g/mol. The van der Waals surface area contributed by atoms with Crippen LogP contribution >= 0.6 is 15.9 Å². The van der Waals surface area contributed by atoms with E-state index in [0.29, 0.717) is 16.7 Å². The molecule has 3 aromatic heterocycles. The smallest absolute Gasteiger partial charge is 0.316 e. The number of pyridine rings is 1. The molecule has 12 heteroatoms. The summed E-state index contributed by atoms with van der Waals surface area (Å²) in [5.74, 6) is 0.487. The summed E-state index contributed by atoms with van der Waals surface area (Å²) in [5.41, 5.74) is 3.44. The molecule has 0 amide bonds. The van der Waals surface area contributed by atoms with Gasteiger partial charge in [-0.1, -0.05) is 60.2 Å². The fourth-order valence-corrected chi connectivity index (χ4v) is 4.80. The molecule has 0 radical (unpaired) electrons. The first-order valence-electron chi connectivity index (χ1n) is 12.7. The maximum Gasteiger partial charge on any atom is 0.316 e. The molecule has 0 saturated heterocycles. The van der Waals surface area contributed by atoms with E-state index < -0.39 is 10.0 Å². The molecule has 0 spiro atoms. The normalized spacial score (nSPS) is 11.4. The van der Waals surface area contributed by atoms with Gasteiger partial charge in [-0.05, 0) is 52.2 Å². The first-order valence-corrected chi connectivity index (χ1v) is 15.1. The van der Waals surface area contributed by atoms with Crippen molar-refractivity contribution in [1.29, 1.82) is 0 Å². The van der Waals surface area contributed by atoms with Gasteiger partial charge in [-0.25, -0.2) is 23.4 Å². The van der Waals surface area contributed by atoms with Crippen molar-refractivity contribution in [3.63, 3.8) is 0 Å². The summed E-state index contributed by atoms with van der Waals surface area (Å²) in [4.78, 5) is 21.5. The number of ether oxygens (including phenoxy) is 2. The van der Waals surface area contributed by atoms with Crippen LogP contribution in [0.4, 0.5) is 5.82 Å². The minimum atomic E-state index is -3.99. The highest BCUT2D eigenvalue weighted by atomic mass is 79.9. The number of anilines is 1. The highest BCUT2D eigenvalue weighted by Crippen LogP contribution is 2.37. The van der Waals surface area contributed by atoms with E-state index in [1.807, 2.05) is 61.5 Å². The Balaban J connectivity index is 1.53. The number of halogens is 1. The Morgan fingerprint density at radius 1 is 0.857 bits per heavy atom. The Morgan fingerprint density at radius 2 is 1.55 bits per heavy atom. The molecule has 0 aliphatic heterocycles. The third-order valence-corrected chi connectivity index (χ3v) is 7.16. The summed E-state index contributed by atoms with van der Waals surface area (Å²) in [5, 5.41) is 1.10. The van der Waals surface area contributed by atoms with Crippen LogP contribution in [0.2, 0.25) is 0 Å². The van der Waals surface area contributed by atoms with E-state index in [4.69, 9.17) is 9.47 Å². The number of nitrogens with zero attached hydrogens (tertiary/aromatic N) is 5. The molecule has 0 atom stereocenters. The molecule has 0 unspecified atom stereocenters. The van der Waals surface area contributed by atoms with Crippen molar-refractivity contribution in [2.24, 2.45) is 0 Å². The van der Waals surface area contributed by atoms with Gasteiger partial charge in [0.05, 0.1) is 15.4 Å². The fraction of sp³-hybridized carbons (Fsp3) is 0.100. The predicted octanol–water partition coefficient (Wildman–Crippen LogP) is 5.94. The molecule has 0 aliphatic carbocycles. The van der Waals surface area contributed by atoms with Crippen LogP contribution < -0.4 is 14.2 Å². The summed E-state index contributed by atoms with van der Waals surface area (Å²) in [7, 11) is -3.99. The van der Waals surface area contributed by atoms with Gasteiger partial charge in [-0.2, -0.15) is 4.98 Å². The number of sulfonamides is 1. The summed E-state index contributed by atoms with van der Waals surface area (Å²) in [6, 6.07) is 20.3. The summed E-state index contributed by atoms with van der Waals surface area (Å²) in [6.07, 6.45) is 7.87. The van der Waals surface area contributed by atoms with Crippen molar-refractivity contribution in [2.75, 3.05) is 17.9 Å². The average molecular weight is 646 g/mol. The van der Waals surface area contributed by atoms with Crippen LogP contribution in [0.3, 0.4) is 0 Å². The number of hydrogen-bond donors (Lipinski definition) is 1. The SMILES string of the molecule is Cc1ccc(-c2c(NS(=O)(=O)/C=C/c3ccccc3)nc(-c3ccncc3)nc2OCCOc2ncc(Br)cn2)cc1. The first kappa shape index (κ1) is 28.8. The van der Waals surface area contributed by atoms with Gasteiger partial charge in [0, 0.05) is 30.4 Å². The highest BCUT2D eigenvalue weighted by molar-refractivity contribution is 9.10. The van der Waals surface area contributed by atoms with Gasteiger partial charge in [-0.3, -0.25) is 9.71 Å². The lowest BCUT2D eigenvalue weighted by atomic mass is 10.1. The summed E-state index contributed by atoms with van der Waals surface area (Å²) >= 11 is 3.29. The molecule has 212 valence electrons. The molecule has 3 heterocycles. The number of aryl methyl sites for hydroxylation is 1. The molecular formula is C30H25BrN6O4S. The van der Waals surface area contributed by atoms with Crippen LogP contribution in [0, 0.1) is 6.92 Å². The van der Waals surface area contributed by atoms with E-state index in [9.17, 15) is 8.42 Å². The average Bonchev–Trinajstić information content (AvgIpc) is 3.00. The van der Waals surface area contributed by atoms with E-state index >= 15 is 0 Å². The topological polar surface area (TPSA) is 129 Å². The Kier molecular flexibility index (Phi) is 9.15. The van der Waals surface area contributed by atoms with Crippen molar-refractivity contribution in [2.45, 2.75) is 6.92 Å². The van der Waals surface area contributed by atoms with E-state index in [-0.39, 0.29) is 36.7 Å². The Hall–Kier alpha value is -4.68. The first-order chi connectivity index (χ1) is 20.4. The maximum atomic E-state index is 13.3. The second-order valence-corrected chi connectivity index (χ2v) is 11.4.